The summed E-state index contributed by atoms with van der Waals surface area (Å²) in [5.41, 5.74) is 1.34. The minimum atomic E-state index is -3.59. The van der Waals surface area contributed by atoms with Crippen LogP contribution in [0.5, 0.6) is 11.5 Å². The number of hydrogen-bond donors (Lipinski definition) is 0. The number of aryl methyl sites for hydroxylation is 1. The summed E-state index contributed by atoms with van der Waals surface area (Å²) in [5, 5.41) is 0. The van der Waals surface area contributed by atoms with Crippen molar-refractivity contribution in [3.8, 4) is 11.5 Å². The molecule has 1 spiro atoms. The van der Waals surface area contributed by atoms with E-state index in [-0.39, 0.29) is 6.10 Å². The van der Waals surface area contributed by atoms with Gasteiger partial charge >= 0.3 is 0 Å². The van der Waals surface area contributed by atoms with Gasteiger partial charge in [-0.3, -0.25) is 0 Å². The van der Waals surface area contributed by atoms with Crippen LogP contribution in [0.4, 0.5) is 0 Å². The first-order chi connectivity index (χ1) is 14.9. The second-order valence-electron chi connectivity index (χ2n) is 8.10. The summed E-state index contributed by atoms with van der Waals surface area (Å²) in [6.07, 6.45) is 0.939. The molecular formula is C23H29NO6S. The molecule has 4 rings (SSSR count). The summed E-state index contributed by atoms with van der Waals surface area (Å²) in [4.78, 5) is 0.315. The van der Waals surface area contributed by atoms with E-state index in [2.05, 4.69) is 0 Å². The lowest BCUT2D eigenvalue weighted by atomic mass is 9.86. The summed E-state index contributed by atoms with van der Waals surface area (Å²) in [7, 11) is -0.361. The van der Waals surface area contributed by atoms with Gasteiger partial charge in [0.15, 0.2) is 0 Å². The third-order valence-corrected chi connectivity index (χ3v) is 7.95. The van der Waals surface area contributed by atoms with Crippen molar-refractivity contribution in [2.45, 2.75) is 36.4 Å². The first-order valence-electron chi connectivity index (χ1n) is 10.4. The van der Waals surface area contributed by atoms with Gasteiger partial charge in [-0.05, 0) is 31.2 Å². The van der Waals surface area contributed by atoms with Crippen molar-refractivity contribution in [2.24, 2.45) is 0 Å². The molecule has 2 heterocycles. The molecule has 0 radical (unpaired) electrons. The zero-order valence-corrected chi connectivity index (χ0v) is 19.0. The summed E-state index contributed by atoms with van der Waals surface area (Å²) in [6.45, 7) is 3.43. The molecule has 31 heavy (non-hydrogen) atoms. The number of ether oxygens (including phenoxy) is 4. The fourth-order valence-electron chi connectivity index (χ4n) is 4.32. The summed E-state index contributed by atoms with van der Waals surface area (Å²) in [6, 6.07) is 12.6. The van der Waals surface area contributed by atoms with Gasteiger partial charge in [-0.1, -0.05) is 17.7 Å². The molecule has 2 fully saturated rings. The quantitative estimate of drug-likeness (QED) is 0.700. The van der Waals surface area contributed by atoms with E-state index in [1.54, 1.807) is 30.7 Å². The van der Waals surface area contributed by atoms with Crippen molar-refractivity contribution in [3.05, 3.63) is 53.6 Å². The zero-order chi connectivity index (χ0) is 22.1. The summed E-state index contributed by atoms with van der Waals surface area (Å²) >= 11 is 0. The van der Waals surface area contributed by atoms with Gasteiger partial charge in [0, 0.05) is 37.6 Å². The Kier molecular flexibility index (Phi) is 6.25. The van der Waals surface area contributed by atoms with Crippen LogP contribution in [0.1, 0.15) is 30.1 Å². The molecule has 0 N–H and O–H groups in total. The lowest BCUT2D eigenvalue weighted by molar-refractivity contribution is -0.163. The lowest BCUT2D eigenvalue weighted by Crippen LogP contribution is -2.56. The van der Waals surface area contributed by atoms with Gasteiger partial charge < -0.3 is 18.9 Å². The van der Waals surface area contributed by atoms with E-state index in [0.29, 0.717) is 55.5 Å². The number of methoxy groups -OCH3 is 2. The molecule has 2 atom stereocenters. The van der Waals surface area contributed by atoms with Crippen LogP contribution in [0.3, 0.4) is 0 Å². The molecule has 0 aromatic heterocycles. The molecule has 7 nitrogen and oxygen atoms in total. The second-order valence-corrected chi connectivity index (χ2v) is 10.0. The Morgan fingerprint density at radius 1 is 1.06 bits per heavy atom. The highest BCUT2D eigenvalue weighted by Gasteiger charge is 2.45. The van der Waals surface area contributed by atoms with E-state index in [1.807, 2.05) is 37.3 Å². The highest BCUT2D eigenvalue weighted by atomic mass is 32.2. The monoisotopic (exact) mass is 447 g/mol. The van der Waals surface area contributed by atoms with Gasteiger partial charge in [-0.25, -0.2) is 8.42 Å². The molecule has 0 unspecified atom stereocenters. The van der Waals surface area contributed by atoms with Crippen molar-refractivity contribution in [2.75, 3.05) is 40.5 Å². The Labute approximate surface area is 183 Å². The van der Waals surface area contributed by atoms with Gasteiger partial charge in [-0.2, -0.15) is 4.31 Å². The Morgan fingerprint density at radius 3 is 2.55 bits per heavy atom. The molecule has 0 saturated carbocycles. The smallest absolute Gasteiger partial charge is 0.243 e. The van der Waals surface area contributed by atoms with E-state index >= 15 is 0 Å². The van der Waals surface area contributed by atoms with Crippen LogP contribution in [0, 0.1) is 6.92 Å². The largest absolute Gasteiger partial charge is 0.497 e. The van der Waals surface area contributed by atoms with E-state index in [9.17, 15) is 8.42 Å². The van der Waals surface area contributed by atoms with Crippen LogP contribution in [-0.4, -0.2) is 58.8 Å². The predicted molar refractivity (Wildman–Crippen MR) is 116 cm³/mol. The molecule has 2 aromatic rings. The first kappa shape index (κ1) is 22.1. The number of benzene rings is 2. The minimum absolute atomic E-state index is 0.253. The molecule has 0 aliphatic carbocycles. The molecule has 8 heteroatoms. The number of morpholine rings is 1. The number of hydrogen-bond acceptors (Lipinski definition) is 6. The predicted octanol–water partition coefficient (Wildman–Crippen LogP) is 3.32. The van der Waals surface area contributed by atoms with E-state index in [1.165, 1.54) is 0 Å². The first-order valence-corrected chi connectivity index (χ1v) is 11.9. The van der Waals surface area contributed by atoms with Gasteiger partial charge in [0.05, 0.1) is 44.0 Å². The van der Waals surface area contributed by atoms with Crippen LogP contribution < -0.4 is 9.47 Å². The SMILES string of the molecule is COc1ccc([C@@H]2C[C@@]3(CCO2)CN(S(=O)(=O)c2ccc(C)cc2)CCO3)c(OC)c1. The Hall–Kier alpha value is -2.13. The molecule has 2 aliphatic rings. The number of nitrogens with zero attached hydrogens (tertiary/aromatic N) is 1. The fraction of sp³-hybridized carbons (Fsp3) is 0.478. The van der Waals surface area contributed by atoms with Crippen LogP contribution >= 0.6 is 0 Å². The number of rotatable bonds is 5. The molecule has 0 amide bonds. The second kappa shape index (κ2) is 8.78. The highest BCUT2D eigenvalue weighted by molar-refractivity contribution is 7.89. The van der Waals surface area contributed by atoms with Crippen LogP contribution in [-0.2, 0) is 19.5 Å². The molecule has 2 aliphatic heterocycles. The zero-order valence-electron chi connectivity index (χ0n) is 18.2. The molecule has 0 bridgehead atoms. The Bertz CT molecular complexity index is 1020. The average Bonchev–Trinajstić information content (AvgIpc) is 2.79. The van der Waals surface area contributed by atoms with E-state index in [4.69, 9.17) is 18.9 Å². The molecule has 2 aromatic carbocycles. The molecule has 2 saturated heterocycles. The summed E-state index contributed by atoms with van der Waals surface area (Å²) < 4.78 is 51.2. The van der Waals surface area contributed by atoms with Crippen molar-refractivity contribution < 1.29 is 27.4 Å². The third kappa shape index (κ3) is 4.43. The van der Waals surface area contributed by atoms with Crippen LogP contribution in [0.2, 0.25) is 0 Å². The van der Waals surface area contributed by atoms with Crippen molar-refractivity contribution in [1.82, 2.24) is 4.31 Å². The summed E-state index contributed by atoms with van der Waals surface area (Å²) in [5.74, 6) is 1.39. The maximum atomic E-state index is 13.3. The standard InChI is InChI=1S/C23H29NO6S/c1-17-4-7-19(8-5-17)31(25,26)24-11-13-30-23(16-24)10-12-29-22(15-23)20-9-6-18(27-2)14-21(20)28-3/h4-9,14,22H,10-13,15-16H2,1-3H3/t22-,23-/m0/s1. The van der Waals surface area contributed by atoms with E-state index in [0.717, 1.165) is 11.1 Å². The van der Waals surface area contributed by atoms with Gasteiger partial charge in [0.2, 0.25) is 10.0 Å². The van der Waals surface area contributed by atoms with Crippen molar-refractivity contribution in [1.29, 1.82) is 0 Å². The fourth-order valence-corrected chi connectivity index (χ4v) is 5.82. The lowest BCUT2D eigenvalue weighted by Gasteiger charge is -2.46. The normalized spacial score (nSPS) is 24.8. The van der Waals surface area contributed by atoms with Crippen molar-refractivity contribution >= 4 is 10.0 Å². The highest BCUT2D eigenvalue weighted by Crippen LogP contribution is 2.43. The van der Waals surface area contributed by atoms with E-state index < -0.39 is 15.6 Å². The molecular weight excluding hydrogens is 418 g/mol. The number of sulfonamides is 1. The minimum Gasteiger partial charge on any atom is -0.497 e. The van der Waals surface area contributed by atoms with Crippen molar-refractivity contribution in [3.63, 3.8) is 0 Å². The topological polar surface area (TPSA) is 74.3 Å². The van der Waals surface area contributed by atoms with Crippen LogP contribution in [0.25, 0.3) is 0 Å². The van der Waals surface area contributed by atoms with Gasteiger partial charge in [0.1, 0.15) is 11.5 Å². The van der Waals surface area contributed by atoms with Gasteiger partial charge in [-0.15, -0.1) is 0 Å². The maximum absolute atomic E-state index is 13.3. The van der Waals surface area contributed by atoms with Gasteiger partial charge in [0.25, 0.3) is 0 Å². The Balaban J connectivity index is 1.57. The third-order valence-electron chi connectivity index (χ3n) is 6.09. The maximum Gasteiger partial charge on any atom is 0.243 e. The van der Waals surface area contributed by atoms with Crippen LogP contribution in [0.15, 0.2) is 47.4 Å². The average molecular weight is 448 g/mol. The Morgan fingerprint density at radius 2 is 1.84 bits per heavy atom. The molecule has 168 valence electrons.